The van der Waals surface area contributed by atoms with Crippen molar-refractivity contribution in [3.63, 3.8) is 0 Å². The number of amides is 2. The summed E-state index contributed by atoms with van der Waals surface area (Å²) in [5.41, 5.74) is 0.851. The summed E-state index contributed by atoms with van der Waals surface area (Å²) in [4.78, 5) is 17.2. The standard InChI is InChI=1S/C10H13N3O2/c14-6-5-13-9(7-12-10(13)15)8-3-1-2-4-11-8/h1-4,9,14H,5-7H2,(H,12,15). The zero-order valence-electron chi connectivity index (χ0n) is 8.26. The van der Waals surface area contributed by atoms with Crippen LogP contribution in [0.15, 0.2) is 24.4 Å². The van der Waals surface area contributed by atoms with Crippen molar-refractivity contribution < 1.29 is 9.90 Å². The van der Waals surface area contributed by atoms with Crippen LogP contribution in [0, 0.1) is 0 Å². The molecule has 0 spiro atoms. The van der Waals surface area contributed by atoms with E-state index in [9.17, 15) is 4.79 Å². The Balaban J connectivity index is 2.18. The molecule has 0 saturated carbocycles. The van der Waals surface area contributed by atoms with E-state index in [0.717, 1.165) is 5.69 Å². The van der Waals surface area contributed by atoms with Crippen LogP contribution < -0.4 is 5.32 Å². The minimum absolute atomic E-state index is 0.0310. The zero-order valence-corrected chi connectivity index (χ0v) is 8.26. The number of rotatable bonds is 3. The topological polar surface area (TPSA) is 65.5 Å². The van der Waals surface area contributed by atoms with E-state index in [-0.39, 0.29) is 18.7 Å². The number of aliphatic hydroxyl groups is 1. The van der Waals surface area contributed by atoms with E-state index in [2.05, 4.69) is 10.3 Å². The number of aromatic nitrogens is 1. The van der Waals surface area contributed by atoms with Crippen molar-refractivity contribution in [2.45, 2.75) is 6.04 Å². The Morgan fingerprint density at radius 2 is 2.47 bits per heavy atom. The van der Waals surface area contributed by atoms with E-state index >= 15 is 0 Å². The van der Waals surface area contributed by atoms with Gasteiger partial charge in [-0.05, 0) is 12.1 Å². The Kier molecular flexibility index (Phi) is 2.82. The lowest BCUT2D eigenvalue weighted by Crippen LogP contribution is -2.32. The van der Waals surface area contributed by atoms with Crippen molar-refractivity contribution >= 4 is 6.03 Å². The summed E-state index contributed by atoms with van der Waals surface area (Å²) >= 11 is 0. The second-order valence-electron chi connectivity index (χ2n) is 3.37. The van der Waals surface area contributed by atoms with Gasteiger partial charge in [0.15, 0.2) is 0 Å². The Morgan fingerprint density at radius 3 is 3.13 bits per heavy atom. The highest BCUT2D eigenvalue weighted by Crippen LogP contribution is 2.21. The van der Waals surface area contributed by atoms with E-state index in [4.69, 9.17) is 5.11 Å². The summed E-state index contributed by atoms with van der Waals surface area (Å²) in [5.74, 6) is 0. The quantitative estimate of drug-likeness (QED) is 0.741. The third kappa shape index (κ3) is 1.92. The molecule has 2 rings (SSSR count). The Labute approximate surface area is 87.7 Å². The van der Waals surface area contributed by atoms with Gasteiger partial charge in [-0.3, -0.25) is 4.98 Å². The summed E-state index contributed by atoms with van der Waals surface area (Å²) < 4.78 is 0. The molecule has 2 heterocycles. The van der Waals surface area contributed by atoms with Gasteiger partial charge < -0.3 is 15.3 Å². The number of hydrogen-bond acceptors (Lipinski definition) is 3. The predicted octanol–water partition coefficient (Wildman–Crippen LogP) is 0.140. The molecule has 15 heavy (non-hydrogen) atoms. The van der Waals surface area contributed by atoms with Crippen molar-refractivity contribution in [2.75, 3.05) is 19.7 Å². The lowest BCUT2D eigenvalue weighted by molar-refractivity contribution is 0.178. The number of β-amino-alcohol motifs (C(OH)–C–C–N with tert-alkyl or cyclic N) is 1. The van der Waals surface area contributed by atoms with Gasteiger partial charge in [-0.15, -0.1) is 0 Å². The molecule has 1 aliphatic rings. The summed E-state index contributed by atoms with van der Waals surface area (Å²) in [6.45, 7) is 0.861. The van der Waals surface area contributed by atoms with Crippen LogP contribution in [0.4, 0.5) is 4.79 Å². The van der Waals surface area contributed by atoms with Crippen molar-refractivity contribution in [1.82, 2.24) is 15.2 Å². The molecule has 0 radical (unpaired) electrons. The van der Waals surface area contributed by atoms with Gasteiger partial charge in [0.05, 0.1) is 18.3 Å². The molecule has 5 nitrogen and oxygen atoms in total. The molecule has 1 aromatic heterocycles. The Hall–Kier alpha value is -1.62. The molecule has 1 unspecified atom stereocenters. The number of carbonyl (C=O) groups is 1. The zero-order chi connectivity index (χ0) is 10.7. The van der Waals surface area contributed by atoms with Gasteiger partial charge in [-0.2, -0.15) is 0 Å². The second kappa shape index (κ2) is 4.27. The first-order valence-electron chi connectivity index (χ1n) is 4.89. The third-order valence-corrected chi connectivity index (χ3v) is 2.45. The first kappa shape index (κ1) is 9.92. The number of carbonyl (C=O) groups excluding carboxylic acids is 1. The van der Waals surface area contributed by atoms with Gasteiger partial charge in [0.1, 0.15) is 0 Å². The van der Waals surface area contributed by atoms with Crippen molar-refractivity contribution in [3.05, 3.63) is 30.1 Å². The third-order valence-electron chi connectivity index (χ3n) is 2.45. The van der Waals surface area contributed by atoms with E-state index in [1.165, 1.54) is 0 Å². The number of nitrogens with zero attached hydrogens (tertiary/aromatic N) is 2. The maximum Gasteiger partial charge on any atom is 0.318 e. The predicted molar refractivity (Wildman–Crippen MR) is 54.2 cm³/mol. The highest BCUT2D eigenvalue weighted by molar-refractivity contribution is 5.77. The minimum Gasteiger partial charge on any atom is -0.395 e. The van der Waals surface area contributed by atoms with Crippen LogP contribution in [0.5, 0.6) is 0 Å². The summed E-state index contributed by atoms with van der Waals surface area (Å²) in [5, 5.41) is 11.6. The van der Waals surface area contributed by atoms with Gasteiger partial charge in [0.25, 0.3) is 0 Å². The maximum absolute atomic E-state index is 11.4. The van der Waals surface area contributed by atoms with Crippen molar-refractivity contribution in [1.29, 1.82) is 0 Å². The van der Waals surface area contributed by atoms with E-state index < -0.39 is 0 Å². The SMILES string of the molecule is O=C1NCC(c2ccccn2)N1CCO. The smallest absolute Gasteiger partial charge is 0.318 e. The van der Waals surface area contributed by atoms with Crippen LogP contribution in [-0.4, -0.2) is 40.7 Å². The fourth-order valence-electron chi connectivity index (χ4n) is 1.74. The number of urea groups is 1. The molecule has 0 aromatic carbocycles. The average Bonchev–Trinajstić information content (AvgIpc) is 2.63. The number of pyridine rings is 1. The summed E-state index contributed by atoms with van der Waals surface area (Å²) in [6, 6.07) is 5.41. The number of aliphatic hydroxyl groups excluding tert-OH is 1. The van der Waals surface area contributed by atoms with E-state index in [1.54, 1.807) is 11.1 Å². The van der Waals surface area contributed by atoms with Gasteiger partial charge in [-0.1, -0.05) is 6.07 Å². The van der Waals surface area contributed by atoms with Crippen LogP contribution in [-0.2, 0) is 0 Å². The van der Waals surface area contributed by atoms with Crippen LogP contribution in [0.25, 0.3) is 0 Å². The largest absolute Gasteiger partial charge is 0.395 e. The average molecular weight is 207 g/mol. The fraction of sp³-hybridized carbons (Fsp3) is 0.400. The van der Waals surface area contributed by atoms with Gasteiger partial charge in [-0.25, -0.2) is 4.79 Å². The molecule has 1 aromatic rings. The molecule has 1 saturated heterocycles. The molecular weight excluding hydrogens is 194 g/mol. The highest BCUT2D eigenvalue weighted by atomic mass is 16.3. The lowest BCUT2D eigenvalue weighted by Gasteiger charge is -2.21. The molecule has 2 amide bonds. The normalized spacial score (nSPS) is 20.5. The fourth-order valence-corrected chi connectivity index (χ4v) is 1.74. The highest BCUT2D eigenvalue weighted by Gasteiger charge is 2.31. The van der Waals surface area contributed by atoms with Crippen molar-refractivity contribution in [2.24, 2.45) is 0 Å². The maximum atomic E-state index is 11.4. The lowest BCUT2D eigenvalue weighted by atomic mass is 10.2. The molecule has 0 bridgehead atoms. The van der Waals surface area contributed by atoms with Crippen LogP contribution in [0.1, 0.15) is 11.7 Å². The molecular formula is C10H13N3O2. The second-order valence-corrected chi connectivity index (χ2v) is 3.37. The Bertz CT molecular complexity index is 342. The molecule has 1 atom stereocenters. The van der Waals surface area contributed by atoms with E-state index in [1.807, 2.05) is 18.2 Å². The van der Waals surface area contributed by atoms with Crippen LogP contribution in [0.3, 0.4) is 0 Å². The van der Waals surface area contributed by atoms with Crippen molar-refractivity contribution in [3.8, 4) is 0 Å². The van der Waals surface area contributed by atoms with Gasteiger partial charge in [0.2, 0.25) is 0 Å². The number of hydrogen-bond donors (Lipinski definition) is 2. The van der Waals surface area contributed by atoms with Crippen LogP contribution in [0.2, 0.25) is 0 Å². The Morgan fingerprint density at radius 1 is 1.60 bits per heavy atom. The minimum atomic E-state index is -0.139. The summed E-state index contributed by atoms with van der Waals surface area (Å²) in [7, 11) is 0. The molecule has 2 N–H and O–H groups in total. The van der Waals surface area contributed by atoms with Gasteiger partial charge >= 0.3 is 6.03 Å². The first-order chi connectivity index (χ1) is 7.33. The summed E-state index contributed by atoms with van der Waals surface area (Å²) in [6.07, 6.45) is 1.70. The molecule has 5 heteroatoms. The van der Waals surface area contributed by atoms with E-state index in [0.29, 0.717) is 13.1 Å². The number of nitrogens with one attached hydrogen (secondary N) is 1. The van der Waals surface area contributed by atoms with Crippen LogP contribution >= 0.6 is 0 Å². The monoisotopic (exact) mass is 207 g/mol. The molecule has 0 aliphatic carbocycles. The first-order valence-corrected chi connectivity index (χ1v) is 4.89. The molecule has 1 aliphatic heterocycles. The molecule has 80 valence electrons. The van der Waals surface area contributed by atoms with Gasteiger partial charge in [0, 0.05) is 19.3 Å². The molecule has 1 fully saturated rings.